The molecule has 4 nitrogen and oxygen atoms in total. The normalized spacial score (nSPS) is 15.5. The van der Waals surface area contributed by atoms with Gasteiger partial charge in [0, 0.05) is 0 Å². The predicted molar refractivity (Wildman–Crippen MR) is 54.4 cm³/mol. The van der Waals surface area contributed by atoms with Crippen molar-refractivity contribution in [2.24, 2.45) is 0 Å². The summed E-state index contributed by atoms with van der Waals surface area (Å²) in [5.74, 6) is 0. The number of benzene rings is 1. The van der Waals surface area contributed by atoms with Crippen LogP contribution in [0.1, 0.15) is 5.56 Å². The van der Waals surface area contributed by atoms with Crippen molar-refractivity contribution >= 4 is 6.09 Å². The Kier molecular flexibility index (Phi) is 3.19. The third-order valence-corrected chi connectivity index (χ3v) is 2.17. The van der Waals surface area contributed by atoms with Crippen LogP contribution in [0, 0.1) is 0 Å². The Morgan fingerprint density at radius 1 is 1.40 bits per heavy atom. The van der Waals surface area contributed by atoms with Crippen LogP contribution >= 0.6 is 0 Å². The van der Waals surface area contributed by atoms with Crippen molar-refractivity contribution < 1.29 is 14.3 Å². The fourth-order valence-corrected chi connectivity index (χ4v) is 1.25. The molecule has 1 aromatic carbocycles. The monoisotopic (exact) mass is 207 g/mol. The summed E-state index contributed by atoms with van der Waals surface area (Å²) in [5.41, 5.74) is 0.984. The van der Waals surface area contributed by atoms with E-state index in [9.17, 15) is 4.79 Å². The Labute approximate surface area is 88.2 Å². The van der Waals surface area contributed by atoms with E-state index >= 15 is 0 Å². The lowest BCUT2D eigenvalue weighted by Crippen LogP contribution is -2.48. The van der Waals surface area contributed by atoms with Gasteiger partial charge in [-0.25, -0.2) is 4.79 Å². The van der Waals surface area contributed by atoms with E-state index in [1.807, 2.05) is 30.3 Å². The summed E-state index contributed by atoms with van der Waals surface area (Å²) in [5, 5.41) is 2.70. The highest BCUT2D eigenvalue weighted by Crippen LogP contribution is 2.03. The largest absolute Gasteiger partial charge is 0.445 e. The van der Waals surface area contributed by atoms with Gasteiger partial charge in [-0.1, -0.05) is 30.3 Å². The zero-order valence-electron chi connectivity index (χ0n) is 8.31. The molecule has 1 N–H and O–H groups in total. The molecule has 0 aliphatic carbocycles. The molecule has 1 aliphatic heterocycles. The minimum atomic E-state index is -0.382. The molecule has 15 heavy (non-hydrogen) atoms. The Bertz CT molecular complexity index is 322. The molecule has 0 saturated carbocycles. The molecule has 80 valence electrons. The number of nitrogens with one attached hydrogen (secondary N) is 1. The van der Waals surface area contributed by atoms with E-state index in [0.717, 1.165) is 5.56 Å². The zero-order valence-corrected chi connectivity index (χ0v) is 8.31. The van der Waals surface area contributed by atoms with Gasteiger partial charge in [0.15, 0.2) is 0 Å². The molecule has 1 amide bonds. The molecule has 2 rings (SSSR count). The van der Waals surface area contributed by atoms with E-state index in [-0.39, 0.29) is 12.1 Å². The number of amides is 1. The highest BCUT2D eigenvalue weighted by Gasteiger charge is 2.20. The van der Waals surface area contributed by atoms with Gasteiger partial charge < -0.3 is 14.8 Å². The van der Waals surface area contributed by atoms with Gasteiger partial charge in [0.25, 0.3) is 0 Å². The summed E-state index contributed by atoms with van der Waals surface area (Å²) < 4.78 is 9.96. The first-order valence-electron chi connectivity index (χ1n) is 4.89. The minimum Gasteiger partial charge on any atom is -0.445 e. The number of carbonyl (C=O) groups is 1. The lowest BCUT2D eigenvalue weighted by atomic mass is 10.2. The van der Waals surface area contributed by atoms with Crippen molar-refractivity contribution in [3.05, 3.63) is 35.9 Å². The molecule has 1 aromatic rings. The molecular formula is C11H13NO3. The maximum absolute atomic E-state index is 11.2. The van der Waals surface area contributed by atoms with Gasteiger partial charge >= 0.3 is 6.09 Å². The number of rotatable bonds is 3. The van der Waals surface area contributed by atoms with E-state index in [1.165, 1.54) is 0 Å². The van der Waals surface area contributed by atoms with Crippen LogP contribution in [0.4, 0.5) is 4.79 Å². The molecule has 1 saturated heterocycles. The lowest BCUT2D eigenvalue weighted by Gasteiger charge is -2.26. The summed E-state index contributed by atoms with van der Waals surface area (Å²) >= 11 is 0. The van der Waals surface area contributed by atoms with Crippen LogP contribution in [0.2, 0.25) is 0 Å². The van der Waals surface area contributed by atoms with E-state index < -0.39 is 0 Å². The first-order valence-corrected chi connectivity index (χ1v) is 4.89. The van der Waals surface area contributed by atoms with Gasteiger partial charge in [-0.05, 0) is 5.56 Å². The topological polar surface area (TPSA) is 47.6 Å². The van der Waals surface area contributed by atoms with Crippen LogP contribution in [-0.4, -0.2) is 25.3 Å². The van der Waals surface area contributed by atoms with Gasteiger partial charge in [-0.3, -0.25) is 0 Å². The van der Waals surface area contributed by atoms with Gasteiger partial charge in [0.05, 0.1) is 19.3 Å². The highest BCUT2D eigenvalue weighted by atomic mass is 16.6. The molecule has 0 spiro atoms. The summed E-state index contributed by atoms with van der Waals surface area (Å²) in [6, 6.07) is 9.70. The molecule has 0 unspecified atom stereocenters. The Morgan fingerprint density at radius 3 is 2.73 bits per heavy atom. The van der Waals surface area contributed by atoms with Crippen molar-refractivity contribution in [2.45, 2.75) is 12.6 Å². The molecule has 0 aromatic heterocycles. The number of hydrogen-bond acceptors (Lipinski definition) is 3. The second kappa shape index (κ2) is 4.79. The predicted octanol–water partition coefficient (Wildman–Crippen LogP) is 1.31. The number of ether oxygens (including phenoxy) is 2. The molecule has 4 heteroatoms. The number of carbonyl (C=O) groups excluding carboxylic acids is 1. The quantitative estimate of drug-likeness (QED) is 0.813. The van der Waals surface area contributed by atoms with Crippen LogP contribution in [0.15, 0.2) is 30.3 Å². The SMILES string of the molecule is O=C(NC1COC1)OCc1ccccc1. The molecule has 1 heterocycles. The second-order valence-electron chi connectivity index (χ2n) is 3.44. The van der Waals surface area contributed by atoms with Gasteiger partial charge in [-0.2, -0.15) is 0 Å². The fraction of sp³-hybridized carbons (Fsp3) is 0.364. The molecule has 1 aliphatic rings. The maximum Gasteiger partial charge on any atom is 0.407 e. The van der Waals surface area contributed by atoms with Crippen molar-refractivity contribution in [1.82, 2.24) is 5.32 Å². The van der Waals surface area contributed by atoms with E-state index in [0.29, 0.717) is 19.8 Å². The highest BCUT2D eigenvalue weighted by molar-refractivity contribution is 5.67. The molecule has 0 atom stereocenters. The first kappa shape index (κ1) is 9.98. The van der Waals surface area contributed by atoms with Gasteiger partial charge in [-0.15, -0.1) is 0 Å². The van der Waals surface area contributed by atoms with Crippen molar-refractivity contribution in [2.75, 3.05) is 13.2 Å². The fourth-order valence-electron chi connectivity index (χ4n) is 1.25. The summed E-state index contributed by atoms with van der Waals surface area (Å²) in [6.45, 7) is 1.47. The van der Waals surface area contributed by atoms with Crippen molar-refractivity contribution in [1.29, 1.82) is 0 Å². The third-order valence-electron chi connectivity index (χ3n) is 2.17. The van der Waals surface area contributed by atoms with Crippen molar-refractivity contribution in [3.8, 4) is 0 Å². The summed E-state index contributed by atoms with van der Waals surface area (Å²) in [4.78, 5) is 11.2. The van der Waals surface area contributed by atoms with Gasteiger partial charge in [0.2, 0.25) is 0 Å². The zero-order chi connectivity index (χ0) is 10.5. The third kappa shape index (κ3) is 2.95. The average Bonchev–Trinajstić information content (AvgIpc) is 2.22. The standard InChI is InChI=1S/C11H13NO3/c13-11(12-10-7-14-8-10)15-6-9-4-2-1-3-5-9/h1-5,10H,6-8H2,(H,12,13). The smallest absolute Gasteiger partial charge is 0.407 e. The second-order valence-corrected chi connectivity index (χ2v) is 3.44. The summed E-state index contributed by atoms with van der Waals surface area (Å²) in [7, 11) is 0. The lowest BCUT2D eigenvalue weighted by molar-refractivity contribution is -0.00587. The van der Waals surface area contributed by atoms with Crippen LogP contribution < -0.4 is 5.32 Å². The molecule has 1 fully saturated rings. The van der Waals surface area contributed by atoms with Crippen LogP contribution in [0.3, 0.4) is 0 Å². The van der Waals surface area contributed by atoms with Crippen molar-refractivity contribution in [3.63, 3.8) is 0 Å². The Morgan fingerprint density at radius 2 is 2.13 bits per heavy atom. The molecular weight excluding hydrogens is 194 g/mol. The maximum atomic E-state index is 11.2. The summed E-state index contributed by atoms with van der Waals surface area (Å²) in [6.07, 6.45) is -0.382. The first-order chi connectivity index (χ1) is 7.34. The average molecular weight is 207 g/mol. The Hall–Kier alpha value is -1.55. The number of hydrogen-bond donors (Lipinski definition) is 1. The molecule has 0 radical (unpaired) electrons. The van der Waals surface area contributed by atoms with Crippen LogP contribution in [0.25, 0.3) is 0 Å². The van der Waals surface area contributed by atoms with E-state index in [2.05, 4.69) is 5.32 Å². The van der Waals surface area contributed by atoms with Crippen LogP contribution in [-0.2, 0) is 16.1 Å². The van der Waals surface area contributed by atoms with Crippen LogP contribution in [0.5, 0.6) is 0 Å². The number of alkyl carbamates (subject to hydrolysis) is 1. The van der Waals surface area contributed by atoms with E-state index in [4.69, 9.17) is 9.47 Å². The minimum absolute atomic E-state index is 0.119. The van der Waals surface area contributed by atoms with E-state index in [1.54, 1.807) is 0 Å². The Balaban J connectivity index is 1.71. The molecule has 0 bridgehead atoms. The van der Waals surface area contributed by atoms with Gasteiger partial charge in [0.1, 0.15) is 6.61 Å².